The van der Waals surface area contributed by atoms with Crippen LogP contribution in [0, 0.1) is 0 Å². The van der Waals surface area contributed by atoms with Crippen LogP contribution in [0.5, 0.6) is 0 Å². The summed E-state index contributed by atoms with van der Waals surface area (Å²) >= 11 is 0. The van der Waals surface area contributed by atoms with Crippen LogP contribution in [0.25, 0.3) is 0 Å². The first-order valence-corrected chi connectivity index (χ1v) is 6.11. The van der Waals surface area contributed by atoms with Crippen molar-refractivity contribution in [2.75, 3.05) is 13.1 Å². The highest BCUT2D eigenvalue weighted by Crippen LogP contribution is 2.35. The Bertz CT molecular complexity index is 400. The molecule has 0 aromatic rings. The lowest BCUT2D eigenvalue weighted by molar-refractivity contribution is -0.191. The van der Waals surface area contributed by atoms with Gasteiger partial charge in [-0.25, -0.2) is 4.79 Å². The van der Waals surface area contributed by atoms with E-state index in [9.17, 15) is 27.9 Å². The molecule has 1 aliphatic heterocycles. The van der Waals surface area contributed by atoms with Crippen molar-refractivity contribution in [1.29, 1.82) is 0 Å². The standard InChI is InChI=1S/C11H18F3N3O3/c1-6(2)15-4-7(18)5-17-8(19)10(3,11(12,13)14)16-9(17)20/h6-7,15,18H,4-5H2,1-3H3,(H,16,20). The van der Waals surface area contributed by atoms with Gasteiger partial charge in [0.2, 0.25) is 5.54 Å². The molecule has 6 nitrogen and oxygen atoms in total. The van der Waals surface area contributed by atoms with Crippen LogP contribution in [0.1, 0.15) is 20.8 Å². The number of urea groups is 1. The van der Waals surface area contributed by atoms with Gasteiger partial charge in [-0.15, -0.1) is 0 Å². The first kappa shape index (κ1) is 16.7. The van der Waals surface area contributed by atoms with Gasteiger partial charge in [0, 0.05) is 12.6 Å². The van der Waals surface area contributed by atoms with Crippen LogP contribution in [0.3, 0.4) is 0 Å². The van der Waals surface area contributed by atoms with Gasteiger partial charge < -0.3 is 15.7 Å². The fraction of sp³-hybridized carbons (Fsp3) is 0.818. The van der Waals surface area contributed by atoms with E-state index in [1.165, 1.54) is 0 Å². The highest BCUT2D eigenvalue weighted by Gasteiger charge is 2.64. The Morgan fingerprint density at radius 2 is 1.95 bits per heavy atom. The summed E-state index contributed by atoms with van der Waals surface area (Å²) in [6.07, 6.45) is -6.03. The number of β-amino-alcohol motifs (C(OH)–C–C–N with tert-alkyl or cyclic N) is 1. The number of carbonyl (C=O) groups is 2. The van der Waals surface area contributed by atoms with E-state index in [1.807, 2.05) is 13.8 Å². The van der Waals surface area contributed by atoms with Gasteiger partial charge in [-0.3, -0.25) is 9.69 Å². The maximum Gasteiger partial charge on any atom is 0.420 e. The topological polar surface area (TPSA) is 81.7 Å². The molecule has 2 unspecified atom stereocenters. The Balaban J connectivity index is 2.73. The number of aliphatic hydroxyl groups is 1. The number of nitrogens with zero attached hydrogens (tertiary/aromatic N) is 1. The number of nitrogens with one attached hydrogen (secondary N) is 2. The van der Waals surface area contributed by atoms with Crippen molar-refractivity contribution < 1.29 is 27.9 Å². The van der Waals surface area contributed by atoms with E-state index >= 15 is 0 Å². The van der Waals surface area contributed by atoms with E-state index in [1.54, 1.807) is 5.32 Å². The van der Waals surface area contributed by atoms with Gasteiger partial charge in [0.15, 0.2) is 0 Å². The van der Waals surface area contributed by atoms with Crippen molar-refractivity contribution in [2.24, 2.45) is 0 Å². The van der Waals surface area contributed by atoms with Gasteiger partial charge in [-0.1, -0.05) is 13.8 Å². The third kappa shape index (κ3) is 3.21. The second kappa shape index (κ2) is 5.57. The summed E-state index contributed by atoms with van der Waals surface area (Å²) in [7, 11) is 0. The monoisotopic (exact) mass is 297 g/mol. The largest absolute Gasteiger partial charge is 0.420 e. The maximum atomic E-state index is 12.8. The predicted octanol–water partition coefficient (Wildman–Crippen LogP) is 0.218. The molecule has 0 aliphatic carbocycles. The van der Waals surface area contributed by atoms with Gasteiger partial charge in [0.1, 0.15) is 0 Å². The second-order valence-electron chi connectivity index (χ2n) is 5.19. The van der Waals surface area contributed by atoms with Crippen LogP contribution in [-0.4, -0.2) is 58.9 Å². The van der Waals surface area contributed by atoms with E-state index in [-0.39, 0.29) is 12.6 Å². The number of hydrogen-bond donors (Lipinski definition) is 3. The molecule has 0 bridgehead atoms. The average molecular weight is 297 g/mol. The van der Waals surface area contributed by atoms with Gasteiger partial charge in [0.25, 0.3) is 5.91 Å². The van der Waals surface area contributed by atoms with Crippen molar-refractivity contribution >= 4 is 11.9 Å². The molecule has 0 radical (unpaired) electrons. The Labute approximate surface area is 114 Å². The molecule has 0 aromatic carbocycles. The fourth-order valence-corrected chi connectivity index (χ4v) is 1.70. The molecule has 1 fully saturated rings. The van der Waals surface area contributed by atoms with E-state index in [0.717, 1.165) is 0 Å². The number of amides is 3. The Morgan fingerprint density at radius 3 is 2.35 bits per heavy atom. The van der Waals surface area contributed by atoms with E-state index in [2.05, 4.69) is 5.32 Å². The Morgan fingerprint density at radius 1 is 1.40 bits per heavy atom. The first-order valence-electron chi connectivity index (χ1n) is 6.11. The lowest BCUT2D eigenvalue weighted by atomic mass is 10.0. The van der Waals surface area contributed by atoms with Gasteiger partial charge in [-0.2, -0.15) is 13.2 Å². The third-order valence-corrected chi connectivity index (χ3v) is 3.00. The Kier molecular flexibility index (Phi) is 4.65. The van der Waals surface area contributed by atoms with Crippen molar-refractivity contribution in [1.82, 2.24) is 15.5 Å². The summed E-state index contributed by atoms with van der Waals surface area (Å²) in [4.78, 5) is 23.6. The summed E-state index contributed by atoms with van der Waals surface area (Å²) in [5, 5.41) is 14.1. The zero-order chi connectivity index (χ0) is 15.7. The zero-order valence-corrected chi connectivity index (χ0v) is 11.4. The van der Waals surface area contributed by atoms with Crippen molar-refractivity contribution in [2.45, 2.75) is 44.6 Å². The fourth-order valence-electron chi connectivity index (χ4n) is 1.70. The van der Waals surface area contributed by atoms with Crippen LogP contribution in [0.2, 0.25) is 0 Å². The molecular weight excluding hydrogens is 279 g/mol. The quantitative estimate of drug-likeness (QED) is 0.634. The number of aliphatic hydroxyl groups excluding tert-OH is 1. The minimum atomic E-state index is -4.89. The second-order valence-corrected chi connectivity index (χ2v) is 5.19. The van der Waals surface area contributed by atoms with Crippen molar-refractivity contribution in [3.63, 3.8) is 0 Å². The normalized spacial score (nSPS) is 25.3. The van der Waals surface area contributed by atoms with Crippen LogP contribution in [-0.2, 0) is 4.79 Å². The molecule has 1 saturated heterocycles. The summed E-state index contributed by atoms with van der Waals surface area (Å²) in [5.74, 6) is -1.40. The average Bonchev–Trinajstić information content (AvgIpc) is 2.50. The molecule has 3 N–H and O–H groups in total. The maximum absolute atomic E-state index is 12.8. The minimum Gasteiger partial charge on any atom is -0.390 e. The third-order valence-electron chi connectivity index (χ3n) is 3.00. The van der Waals surface area contributed by atoms with E-state index in [4.69, 9.17) is 0 Å². The lowest BCUT2D eigenvalue weighted by Crippen LogP contribution is -2.56. The number of rotatable bonds is 5. The SMILES string of the molecule is CC(C)NCC(O)CN1C(=O)NC(C)(C(F)(F)F)C1=O. The number of imide groups is 1. The molecule has 20 heavy (non-hydrogen) atoms. The van der Waals surface area contributed by atoms with Gasteiger partial charge in [0.05, 0.1) is 12.6 Å². The number of hydrogen-bond acceptors (Lipinski definition) is 4. The summed E-state index contributed by atoms with van der Waals surface area (Å²) in [6.45, 7) is 3.82. The van der Waals surface area contributed by atoms with Crippen LogP contribution < -0.4 is 10.6 Å². The smallest absolute Gasteiger partial charge is 0.390 e. The molecule has 0 saturated carbocycles. The molecule has 0 spiro atoms. The molecule has 1 rings (SSSR count). The van der Waals surface area contributed by atoms with Gasteiger partial charge >= 0.3 is 12.2 Å². The predicted molar refractivity (Wildman–Crippen MR) is 63.9 cm³/mol. The summed E-state index contributed by atoms with van der Waals surface area (Å²) in [6, 6.07) is -1.09. The number of carbonyl (C=O) groups excluding carboxylic acids is 2. The Hall–Kier alpha value is -1.35. The van der Waals surface area contributed by atoms with Crippen LogP contribution in [0.4, 0.5) is 18.0 Å². The highest BCUT2D eigenvalue weighted by molar-refractivity contribution is 6.07. The van der Waals surface area contributed by atoms with E-state index < -0.39 is 36.3 Å². The van der Waals surface area contributed by atoms with Gasteiger partial charge in [-0.05, 0) is 6.92 Å². The number of halogens is 3. The minimum absolute atomic E-state index is 0.0631. The molecule has 3 amide bonds. The molecule has 1 aliphatic rings. The summed E-state index contributed by atoms with van der Waals surface area (Å²) in [5.41, 5.74) is -2.94. The lowest BCUT2D eigenvalue weighted by Gasteiger charge is -2.25. The zero-order valence-electron chi connectivity index (χ0n) is 11.4. The molecule has 1 heterocycles. The summed E-state index contributed by atoms with van der Waals surface area (Å²) < 4.78 is 38.4. The van der Waals surface area contributed by atoms with E-state index in [0.29, 0.717) is 11.8 Å². The number of alkyl halides is 3. The molecule has 9 heteroatoms. The van der Waals surface area contributed by atoms with Crippen LogP contribution >= 0.6 is 0 Å². The first-order chi connectivity index (χ1) is 8.99. The molecular formula is C11H18F3N3O3. The molecule has 2 atom stereocenters. The molecule has 116 valence electrons. The van der Waals surface area contributed by atoms with Crippen molar-refractivity contribution in [3.8, 4) is 0 Å². The van der Waals surface area contributed by atoms with Crippen molar-refractivity contribution in [3.05, 3.63) is 0 Å². The highest BCUT2D eigenvalue weighted by atomic mass is 19.4. The van der Waals surface area contributed by atoms with Crippen LogP contribution in [0.15, 0.2) is 0 Å². The molecule has 0 aromatic heterocycles.